The molecule has 0 aliphatic heterocycles. The van der Waals surface area contributed by atoms with E-state index in [0.717, 1.165) is 68.8 Å². The monoisotopic (exact) mass is 767 g/mol. The third-order valence-corrected chi connectivity index (χ3v) is 38.2. The molecule has 2 aliphatic carbocycles. The molecule has 4 aromatic rings. The fourth-order valence-corrected chi connectivity index (χ4v) is 43.5. The second-order valence-corrected chi connectivity index (χ2v) is 97.1. The van der Waals surface area contributed by atoms with Gasteiger partial charge in [0.25, 0.3) is 0 Å². The Labute approximate surface area is 268 Å². The molecule has 0 N–H and O–H groups in total. The molecule has 46 heavy (non-hydrogen) atoms. The van der Waals surface area contributed by atoms with Gasteiger partial charge >= 0.3 is 270 Å². The van der Waals surface area contributed by atoms with E-state index in [2.05, 4.69) is 21.4 Å². The first kappa shape index (κ1) is 33.5. The van der Waals surface area contributed by atoms with Gasteiger partial charge < -0.3 is 0 Å². The second kappa shape index (κ2) is 9.40. The first-order valence-corrected chi connectivity index (χ1v) is 37.5. The zero-order chi connectivity index (χ0) is 33.8. The number of hydrogen-bond acceptors (Lipinski definition) is 0. The maximum absolute atomic E-state index is 13.3. The van der Waals surface area contributed by atoms with Gasteiger partial charge in [-0.2, -0.15) is 0 Å². The Hall–Kier alpha value is -2.38. The molecule has 0 heterocycles. The van der Waals surface area contributed by atoms with Gasteiger partial charge in [0.2, 0.25) is 0 Å². The minimum atomic E-state index is -6.05. The van der Waals surface area contributed by atoms with Crippen molar-refractivity contribution in [2.75, 3.05) is 0 Å². The fourth-order valence-electron chi connectivity index (χ4n) is 8.77. The molecule has 0 aromatic heterocycles. The Morgan fingerprint density at radius 1 is 0.565 bits per heavy atom. The summed E-state index contributed by atoms with van der Waals surface area (Å²) in [6, 6.07) is 22.0. The predicted molar refractivity (Wildman–Crippen MR) is 180 cm³/mol. The van der Waals surface area contributed by atoms with Gasteiger partial charge in [0.15, 0.2) is 0 Å². The van der Waals surface area contributed by atoms with E-state index in [4.69, 9.17) is 17.0 Å². The molecule has 4 aromatic carbocycles. The first-order valence-electron chi connectivity index (χ1n) is 15.0. The number of benzene rings is 4. The Balaban J connectivity index is 1.50. The van der Waals surface area contributed by atoms with Gasteiger partial charge in [0, 0.05) is 0 Å². The summed E-state index contributed by atoms with van der Waals surface area (Å²) in [6.45, 7) is 4.05. The second-order valence-electron chi connectivity index (χ2n) is 15.5. The van der Waals surface area contributed by atoms with Gasteiger partial charge in [-0.25, -0.2) is 0 Å². The van der Waals surface area contributed by atoms with Crippen LogP contribution in [-0.4, -0.2) is 7.37 Å². The van der Waals surface area contributed by atoms with Crippen molar-refractivity contribution in [1.82, 2.24) is 0 Å². The average molecular weight is 770 g/mol. The van der Waals surface area contributed by atoms with Crippen LogP contribution in [0.4, 0.5) is 26.3 Å². The Morgan fingerprint density at radius 2 is 0.891 bits per heavy atom. The van der Waals surface area contributed by atoms with Crippen LogP contribution in [-0.2, 0) is 24.9 Å². The number of fused-ring (bicyclic) bond motifs is 2. The SMILES string of the molecule is CC1=Cc2c(-c3ccc(C(F)(F)F)cc3)cccc2[CH]1[Zr]([CH3])([CH3])([SiH3])([Cl])([Cl])[CH]1C(C)=Cc2c(-c3ccc(C(F)(F)F)cc3)cccc21. The van der Waals surface area contributed by atoms with Crippen LogP contribution in [0.2, 0.25) is 9.26 Å². The number of halogens is 8. The van der Waals surface area contributed by atoms with Crippen LogP contribution in [0.3, 0.4) is 0 Å². The molecule has 241 valence electrons. The summed E-state index contributed by atoms with van der Waals surface area (Å²) >= 11 is -6.05. The third kappa shape index (κ3) is 5.32. The standard InChI is InChI=1S/2C17H12F3.2CH3.2ClH.H3Si.Zr/c2*1-11-9-13-3-2-4-15(16(13)10-11)12-5-7-14(8-6-12)17(18,19)20;;;;;;/h2*2-10H,1H3;2*1H3;2*1H;1H3;/q;;;;;;;+2/p-2. The molecule has 2 atom stereocenters. The van der Waals surface area contributed by atoms with Gasteiger partial charge in [0.05, 0.1) is 0 Å². The zero-order valence-electron chi connectivity index (χ0n) is 25.9. The zero-order valence-corrected chi connectivity index (χ0v) is 31.9. The van der Waals surface area contributed by atoms with Crippen molar-refractivity contribution in [1.29, 1.82) is 0 Å². The van der Waals surface area contributed by atoms with E-state index in [1.54, 1.807) is 0 Å². The van der Waals surface area contributed by atoms with E-state index in [9.17, 15) is 26.3 Å². The summed E-state index contributed by atoms with van der Waals surface area (Å²) in [4.78, 5) is 0. The Bertz CT molecular complexity index is 1860. The van der Waals surface area contributed by atoms with Gasteiger partial charge in [-0.05, 0) is 0 Å². The Kier molecular flexibility index (Phi) is 6.85. The molecule has 0 amide bonds. The molecule has 0 nitrogen and oxygen atoms in total. The van der Waals surface area contributed by atoms with Gasteiger partial charge in [-0.3, -0.25) is 0 Å². The summed E-state index contributed by atoms with van der Waals surface area (Å²) in [7, 11) is 17.2. The number of hydrogen-bond donors (Lipinski definition) is 0. The molecule has 0 saturated heterocycles. The van der Waals surface area contributed by atoms with Crippen molar-refractivity contribution in [3.05, 3.63) is 129 Å². The molecule has 2 unspecified atom stereocenters. The van der Waals surface area contributed by atoms with E-state index in [1.165, 1.54) is 24.3 Å². The number of alkyl halides is 6. The topological polar surface area (TPSA) is 0 Å². The van der Waals surface area contributed by atoms with Crippen molar-refractivity contribution in [3.63, 3.8) is 0 Å². The molecule has 0 bridgehead atoms. The molecule has 0 fully saturated rings. The number of rotatable bonds is 4. The predicted octanol–water partition coefficient (Wildman–Crippen LogP) is 12.1. The van der Waals surface area contributed by atoms with E-state index in [0.29, 0.717) is 18.5 Å². The van der Waals surface area contributed by atoms with Crippen LogP contribution < -0.4 is 0 Å². The molecular formula is C36H33Cl2F6SiZr. The quantitative estimate of drug-likeness (QED) is 0.143. The van der Waals surface area contributed by atoms with Crippen LogP contribution in [0.1, 0.15) is 54.5 Å². The number of allylic oxidation sites excluding steroid dienone is 2. The summed E-state index contributed by atoms with van der Waals surface area (Å²) < 4.78 is 83.3. The van der Waals surface area contributed by atoms with Crippen LogP contribution >= 0.6 is 17.0 Å². The third-order valence-electron chi connectivity index (χ3n) is 10.1. The average Bonchev–Trinajstić information content (AvgIpc) is 3.49. The molecule has 10 heteroatoms. The van der Waals surface area contributed by atoms with Crippen LogP contribution in [0.5, 0.6) is 0 Å². The van der Waals surface area contributed by atoms with E-state index >= 15 is 0 Å². The molecule has 6 rings (SSSR count). The molecule has 2 aliphatic rings. The van der Waals surface area contributed by atoms with Gasteiger partial charge in [0.1, 0.15) is 0 Å². The van der Waals surface area contributed by atoms with Crippen LogP contribution in [0.15, 0.2) is 96.1 Å². The van der Waals surface area contributed by atoms with Crippen molar-refractivity contribution in [2.24, 2.45) is 0 Å². The van der Waals surface area contributed by atoms with Gasteiger partial charge in [-0.15, -0.1) is 0 Å². The van der Waals surface area contributed by atoms with E-state index < -0.39 is 36.1 Å². The summed E-state index contributed by atoms with van der Waals surface area (Å²) in [5, 5.41) is 0. The Morgan fingerprint density at radius 3 is 1.20 bits per heavy atom. The first-order chi connectivity index (χ1) is 20.9. The van der Waals surface area contributed by atoms with Crippen molar-refractivity contribution >= 4 is 36.5 Å². The molecule has 0 saturated carbocycles. The molecule has 0 spiro atoms. The van der Waals surface area contributed by atoms with Crippen LogP contribution in [0, 0.1) is 0 Å². The van der Waals surface area contributed by atoms with Crippen LogP contribution in [0.25, 0.3) is 34.4 Å². The van der Waals surface area contributed by atoms with Crippen molar-refractivity contribution in [3.8, 4) is 22.3 Å². The fraction of sp³-hybridized carbons (Fsp3) is 0.222. The normalized spacial score (nSPS) is 20.6. The summed E-state index contributed by atoms with van der Waals surface area (Å²) in [6.07, 6.45) is -4.72. The summed E-state index contributed by atoms with van der Waals surface area (Å²) in [5.41, 5.74) is 7.25. The van der Waals surface area contributed by atoms with Crippen molar-refractivity contribution in [2.45, 2.75) is 42.7 Å². The molecule has 0 radical (unpaired) electrons. The minimum absolute atomic E-state index is 0.329. The maximum atomic E-state index is 13.3. The van der Waals surface area contributed by atoms with E-state index in [1.807, 2.05) is 50.2 Å². The van der Waals surface area contributed by atoms with E-state index in [-0.39, 0.29) is 7.25 Å². The summed E-state index contributed by atoms with van der Waals surface area (Å²) in [5.74, 6) is 0. The molecular weight excluding hydrogens is 737 g/mol. The van der Waals surface area contributed by atoms with Gasteiger partial charge in [-0.1, -0.05) is 0 Å². The van der Waals surface area contributed by atoms with Crippen molar-refractivity contribution < 1.29 is 38.9 Å².